The van der Waals surface area contributed by atoms with Crippen molar-refractivity contribution in [1.82, 2.24) is 9.97 Å². The van der Waals surface area contributed by atoms with Crippen LogP contribution in [0.1, 0.15) is 0 Å². The Bertz CT molecular complexity index is 2940. The molecule has 0 saturated carbocycles. The zero-order valence-corrected chi connectivity index (χ0v) is 31.1. The van der Waals surface area contributed by atoms with Gasteiger partial charge in [-0.05, 0) is 62.4 Å². The van der Waals surface area contributed by atoms with E-state index in [-0.39, 0.29) is 0 Å². The lowest BCUT2D eigenvalue weighted by Crippen LogP contribution is -2.08. The van der Waals surface area contributed by atoms with Crippen molar-refractivity contribution in [3.05, 3.63) is 194 Å². The van der Waals surface area contributed by atoms with E-state index in [1.54, 1.807) is 0 Å². The molecule has 9 aromatic rings. The minimum Gasteiger partial charge on any atom is -0.314 e. The van der Waals surface area contributed by atoms with Crippen LogP contribution in [0.4, 0.5) is 0 Å². The lowest BCUT2D eigenvalue weighted by atomic mass is 9.86. The molecular formula is C51H35N2OP. The summed E-state index contributed by atoms with van der Waals surface area (Å²) in [5.41, 5.74) is 13.7. The molecule has 1 aliphatic heterocycles. The predicted octanol–water partition coefficient (Wildman–Crippen LogP) is 12.6. The number of aromatic nitrogens is 2. The maximum Gasteiger partial charge on any atom is 0.160 e. The van der Waals surface area contributed by atoms with E-state index < -0.39 is 7.14 Å². The molecule has 1 aliphatic rings. The summed E-state index contributed by atoms with van der Waals surface area (Å²) in [5, 5.41) is 4.22. The van der Waals surface area contributed by atoms with Crippen molar-refractivity contribution >= 4 is 28.5 Å². The van der Waals surface area contributed by atoms with Crippen LogP contribution in [0.2, 0.25) is 0 Å². The second-order valence-corrected chi connectivity index (χ2v) is 17.0. The molecule has 0 radical (unpaired) electrons. The minimum atomic E-state index is -2.73. The van der Waals surface area contributed by atoms with Crippen LogP contribution in [0.25, 0.3) is 89.2 Å². The molecule has 10 rings (SSSR count). The van der Waals surface area contributed by atoms with Gasteiger partial charge in [-0.15, -0.1) is 0 Å². The van der Waals surface area contributed by atoms with E-state index in [1.807, 2.05) is 55.2 Å². The molecule has 0 fully saturated rings. The van der Waals surface area contributed by atoms with Gasteiger partial charge in [0.25, 0.3) is 0 Å². The van der Waals surface area contributed by atoms with Crippen LogP contribution >= 0.6 is 7.14 Å². The summed E-state index contributed by atoms with van der Waals surface area (Å²) < 4.78 is 14.3. The third kappa shape index (κ3) is 5.73. The molecule has 1 unspecified atom stereocenters. The zero-order valence-electron chi connectivity index (χ0n) is 30.2. The second-order valence-electron chi connectivity index (χ2n) is 14.2. The van der Waals surface area contributed by atoms with Gasteiger partial charge in [-0.3, -0.25) is 0 Å². The molecule has 2 heterocycles. The summed E-state index contributed by atoms with van der Waals surface area (Å²) in [6.45, 7) is 1.91. The average molecular weight is 723 g/mol. The molecule has 1 aromatic heterocycles. The highest BCUT2D eigenvalue weighted by Crippen LogP contribution is 2.53. The average Bonchev–Trinajstić information content (AvgIpc) is 3.50. The molecule has 55 heavy (non-hydrogen) atoms. The van der Waals surface area contributed by atoms with Gasteiger partial charge in [-0.1, -0.05) is 188 Å². The highest BCUT2D eigenvalue weighted by molar-refractivity contribution is 7.79. The topological polar surface area (TPSA) is 42.9 Å². The van der Waals surface area contributed by atoms with Crippen molar-refractivity contribution < 1.29 is 4.57 Å². The number of fused-ring (bicyclic) bond motifs is 4. The van der Waals surface area contributed by atoms with Crippen LogP contribution in [0.3, 0.4) is 0 Å². The number of nitrogens with zero attached hydrogens (tertiary/aromatic N) is 2. The Labute approximate surface area is 321 Å². The van der Waals surface area contributed by atoms with Crippen molar-refractivity contribution in [2.45, 2.75) is 0 Å². The molecule has 0 bridgehead atoms. The summed E-state index contributed by atoms with van der Waals surface area (Å²) in [7, 11) is -2.73. The number of rotatable bonds is 6. The van der Waals surface area contributed by atoms with Crippen LogP contribution < -0.4 is 10.6 Å². The highest BCUT2D eigenvalue weighted by atomic mass is 31.2. The van der Waals surface area contributed by atoms with Crippen LogP contribution in [-0.4, -0.2) is 16.6 Å². The minimum absolute atomic E-state index is 0.687. The van der Waals surface area contributed by atoms with Gasteiger partial charge in [0.2, 0.25) is 0 Å². The predicted molar refractivity (Wildman–Crippen MR) is 230 cm³/mol. The first-order valence-corrected chi connectivity index (χ1v) is 20.7. The molecule has 8 aromatic carbocycles. The van der Waals surface area contributed by atoms with Crippen LogP contribution in [0.15, 0.2) is 194 Å². The molecule has 260 valence electrons. The largest absolute Gasteiger partial charge is 0.314 e. The van der Waals surface area contributed by atoms with Crippen molar-refractivity contribution in [3.63, 3.8) is 0 Å². The first kappa shape index (κ1) is 32.9. The number of hydrogen-bond donors (Lipinski definition) is 0. The monoisotopic (exact) mass is 722 g/mol. The summed E-state index contributed by atoms with van der Waals surface area (Å²) in [6.07, 6.45) is 0. The maximum absolute atomic E-state index is 14.3. The van der Waals surface area contributed by atoms with E-state index in [9.17, 15) is 4.57 Å². The lowest BCUT2D eigenvalue weighted by Gasteiger charge is -2.18. The fourth-order valence-electron chi connectivity index (χ4n) is 8.13. The zero-order chi connectivity index (χ0) is 36.9. The number of hydrogen-bond acceptors (Lipinski definition) is 3. The summed E-state index contributed by atoms with van der Waals surface area (Å²) in [4.78, 5) is 10.2. The Morgan fingerprint density at radius 3 is 1.60 bits per heavy atom. The Balaban J connectivity index is 1.10. The van der Waals surface area contributed by atoms with Crippen molar-refractivity contribution in [2.24, 2.45) is 0 Å². The van der Waals surface area contributed by atoms with E-state index in [1.165, 1.54) is 21.9 Å². The molecule has 0 aliphatic carbocycles. The van der Waals surface area contributed by atoms with Gasteiger partial charge in [0.05, 0.1) is 11.4 Å². The molecule has 0 spiro atoms. The van der Waals surface area contributed by atoms with Gasteiger partial charge >= 0.3 is 0 Å². The quantitative estimate of drug-likeness (QED) is 0.161. The van der Waals surface area contributed by atoms with Gasteiger partial charge in [0.1, 0.15) is 7.14 Å². The van der Waals surface area contributed by atoms with Gasteiger partial charge in [-0.25, -0.2) is 9.97 Å². The van der Waals surface area contributed by atoms with Gasteiger partial charge in [0.15, 0.2) is 5.82 Å². The standard InChI is InChI=1S/C51H35N2OP/c1-55(54)47-21-11-10-19-44(47)50-42(20-12-22-48(50)55)43-32-31-36-15-8-9-18-41(36)49(43)39-29-27-38(28-30-39)46-33-45(52-51(53-46)40-16-6-3-7-17-40)37-25-23-35(24-26-37)34-13-4-2-5-14-34/h2-33H,1H3. The van der Waals surface area contributed by atoms with E-state index in [2.05, 4.69) is 146 Å². The fraction of sp³-hybridized carbons (Fsp3) is 0.0196. The van der Waals surface area contributed by atoms with E-state index in [0.29, 0.717) is 5.82 Å². The molecular weight excluding hydrogens is 688 g/mol. The molecule has 1 atom stereocenters. The Kier molecular flexibility index (Phi) is 7.98. The SMILES string of the molecule is CP1(=O)c2ccccc2-c2c(-c3ccc4ccccc4c3-c3ccc(-c4cc(-c5ccc(-c6ccccc6)cc5)nc(-c5ccccc5)n4)cc3)cccc21. The highest BCUT2D eigenvalue weighted by Gasteiger charge is 2.36. The first-order valence-electron chi connectivity index (χ1n) is 18.6. The van der Waals surface area contributed by atoms with Crippen LogP contribution in [0, 0.1) is 0 Å². The first-order chi connectivity index (χ1) is 27.0. The van der Waals surface area contributed by atoms with E-state index in [4.69, 9.17) is 9.97 Å². The third-order valence-corrected chi connectivity index (χ3v) is 13.5. The van der Waals surface area contributed by atoms with E-state index in [0.717, 1.165) is 72.1 Å². The van der Waals surface area contributed by atoms with Crippen LogP contribution in [-0.2, 0) is 4.57 Å². The smallest absolute Gasteiger partial charge is 0.160 e. The van der Waals surface area contributed by atoms with Crippen molar-refractivity contribution in [1.29, 1.82) is 0 Å². The van der Waals surface area contributed by atoms with Crippen molar-refractivity contribution in [2.75, 3.05) is 6.66 Å². The Morgan fingerprint density at radius 2 is 0.891 bits per heavy atom. The van der Waals surface area contributed by atoms with Crippen molar-refractivity contribution in [3.8, 4) is 78.4 Å². The van der Waals surface area contributed by atoms with Crippen LogP contribution in [0.5, 0.6) is 0 Å². The number of benzene rings is 8. The normalized spacial score (nSPS) is 14.4. The Morgan fingerprint density at radius 1 is 0.382 bits per heavy atom. The lowest BCUT2D eigenvalue weighted by molar-refractivity contribution is 0.591. The third-order valence-electron chi connectivity index (χ3n) is 10.9. The maximum atomic E-state index is 14.3. The molecule has 3 nitrogen and oxygen atoms in total. The summed E-state index contributed by atoms with van der Waals surface area (Å²) >= 11 is 0. The molecule has 4 heteroatoms. The van der Waals surface area contributed by atoms with Gasteiger partial charge < -0.3 is 4.57 Å². The Hall–Kier alpha value is -6.67. The summed E-state index contributed by atoms with van der Waals surface area (Å²) in [6, 6.07) is 67.5. The van der Waals surface area contributed by atoms with E-state index >= 15 is 0 Å². The molecule has 0 amide bonds. The molecule has 0 N–H and O–H groups in total. The summed E-state index contributed by atoms with van der Waals surface area (Å²) in [5.74, 6) is 0.687. The van der Waals surface area contributed by atoms with Gasteiger partial charge in [-0.2, -0.15) is 0 Å². The fourth-order valence-corrected chi connectivity index (χ4v) is 10.4. The second kappa shape index (κ2) is 13.3. The van der Waals surface area contributed by atoms with Gasteiger partial charge in [0, 0.05) is 32.9 Å². The molecule has 0 saturated heterocycles.